The average Bonchev–Trinajstić information content (AvgIpc) is 3.24. The first-order valence-corrected chi connectivity index (χ1v) is 10.6. The first kappa shape index (κ1) is 20.3. The molecule has 1 aromatic heterocycles. The molecule has 0 saturated carbocycles. The highest BCUT2D eigenvalue weighted by molar-refractivity contribution is 6.31. The third-order valence-corrected chi connectivity index (χ3v) is 6.54. The summed E-state index contributed by atoms with van der Waals surface area (Å²) in [4.78, 5) is 34.0. The maximum atomic E-state index is 12.8. The van der Waals surface area contributed by atoms with Gasteiger partial charge in [-0.15, -0.1) is 0 Å². The molecule has 7 nitrogen and oxygen atoms in total. The number of amides is 1. The van der Waals surface area contributed by atoms with Crippen LogP contribution in [-0.4, -0.2) is 68.2 Å². The second kappa shape index (κ2) is 8.05. The summed E-state index contributed by atoms with van der Waals surface area (Å²) < 4.78 is 1.46. The minimum atomic E-state index is -1.03. The molecule has 1 aromatic carbocycles. The van der Waals surface area contributed by atoms with Gasteiger partial charge in [0.1, 0.15) is 0 Å². The highest BCUT2D eigenvalue weighted by atomic mass is 35.5. The molecule has 2 aromatic rings. The van der Waals surface area contributed by atoms with Crippen molar-refractivity contribution in [2.75, 3.05) is 26.2 Å². The van der Waals surface area contributed by atoms with Crippen molar-refractivity contribution < 1.29 is 9.90 Å². The van der Waals surface area contributed by atoms with Gasteiger partial charge in [0.05, 0.1) is 35.4 Å². The molecule has 2 aliphatic heterocycles. The Morgan fingerprint density at radius 3 is 2.62 bits per heavy atom. The average molecular weight is 419 g/mol. The number of aromatic nitrogens is 2. The van der Waals surface area contributed by atoms with Gasteiger partial charge >= 0.3 is 0 Å². The van der Waals surface area contributed by atoms with Crippen LogP contribution in [0.4, 0.5) is 0 Å². The summed E-state index contributed by atoms with van der Waals surface area (Å²) in [6.45, 7) is 5.10. The van der Waals surface area contributed by atoms with Crippen molar-refractivity contribution in [1.82, 2.24) is 19.4 Å². The fourth-order valence-corrected chi connectivity index (χ4v) is 4.58. The number of rotatable bonds is 4. The van der Waals surface area contributed by atoms with Crippen LogP contribution in [0.3, 0.4) is 0 Å². The summed E-state index contributed by atoms with van der Waals surface area (Å²) in [6, 6.07) is 4.87. The topological polar surface area (TPSA) is 78.7 Å². The van der Waals surface area contributed by atoms with E-state index in [1.54, 1.807) is 18.2 Å². The van der Waals surface area contributed by atoms with Crippen LogP contribution < -0.4 is 5.56 Å². The molecule has 0 radical (unpaired) electrons. The lowest BCUT2D eigenvalue weighted by atomic mass is 9.91. The van der Waals surface area contributed by atoms with Crippen molar-refractivity contribution in [3.05, 3.63) is 39.9 Å². The van der Waals surface area contributed by atoms with Gasteiger partial charge in [0.2, 0.25) is 5.91 Å². The molecular formula is C21H27ClN4O3. The van der Waals surface area contributed by atoms with Gasteiger partial charge < -0.3 is 10.0 Å². The number of carbonyl (C=O) groups is 1. The molecule has 1 atom stereocenters. The van der Waals surface area contributed by atoms with E-state index in [0.29, 0.717) is 41.9 Å². The van der Waals surface area contributed by atoms with E-state index in [1.807, 2.05) is 11.8 Å². The number of aliphatic hydroxyl groups is 1. The Morgan fingerprint density at radius 1 is 1.24 bits per heavy atom. The molecule has 156 valence electrons. The van der Waals surface area contributed by atoms with Crippen molar-refractivity contribution in [2.45, 2.75) is 50.8 Å². The lowest BCUT2D eigenvalue weighted by Crippen LogP contribution is -2.53. The fraction of sp³-hybridized carbons (Fsp3) is 0.571. The Balaban J connectivity index is 1.43. The third kappa shape index (κ3) is 4.17. The number of halogens is 1. The molecule has 0 aliphatic carbocycles. The lowest BCUT2D eigenvalue weighted by molar-refractivity contribution is -0.140. The first-order valence-electron chi connectivity index (χ1n) is 10.3. The van der Waals surface area contributed by atoms with Crippen LogP contribution in [0.25, 0.3) is 10.9 Å². The molecule has 29 heavy (non-hydrogen) atoms. The second-order valence-electron chi connectivity index (χ2n) is 8.31. The summed E-state index contributed by atoms with van der Waals surface area (Å²) >= 11 is 5.97. The van der Waals surface area contributed by atoms with Crippen LogP contribution in [0.15, 0.2) is 29.3 Å². The standard InChI is InChI=1S/C21H27ClN4O3/c1-15(24-8-2-3-9-24)19(27)25-10-6-21(29,7-11-25)13-26-14-23-18-12-16(22)4-5-17(18)20(26)28/h4-5,12,14-15,29H,2-3,6-11,13H2,1H3/t15-/m0/s1. The number of nitrogens with zero attached hydrogens (tertiary/aromatic N) is 4. The second-order valence-corrected chi connectivity index (χ2v) is 8.74. The fourth-order valence-electron chi connectivity index (χ4n) is 4.41. The number of hydrogen-bond acceptors (Lipinski definition) is 5. The van der Waals surface area contributed by atoms with Crippen molar-refractivity contribution in [1.29, 1.82) is 0 Å². The summed E-state index contributed by atoms with van der Waals surface area (Å²) in [6.07, 6.45) is 4.65. The van der Waals surface area contributed by atoms with E-state index in [4.69, 9.17) is 11.6 Å². The Hall–Kier alpha value is -1.96. The molecule has 8 heteroatoms. The molecular weight excluding hydrogens is 392 g/mol. The van der Waals surface area contributed by atoms with Gasteiger partial charge in [0, 0.05) is 18.1 Å². The number of benzene rings is 1. The Morgan fingerprint density at radius 2 is 1.93 bits per heavy atom. The van der Waals surface area contributed by atoms with Gasteiger partial charge in [-0.25, -0.2) is 4.98 Å². The van der Waals surface area contributed by atoms with Crippen LogP contribution in [-0.2, 0) is 11.3 Å². The molecule has 2 fully saturated rings. The maximum absolute atomic E-state index is 12.8. The van der Waals surface area contributed by atoms with Crippen molar-refractivity contribution >= 4 is 28.4 Å². The smallest absolute Gasteiger partial charge is 0.261 e. The summed E-state index contributed by atoms with van der Waals surface area (Å²) in [5.74, 6) is 0.135. The van der Waals surface area contributed by atoms with Crippen LogP contribution in [0.2, 0.25) is 5.02 Å². The predicted octanol–water partition coefficient (Wildman–Crippen LogP) is 1.89. The largest absolute Gasteiger partial charge is 0.388 e. The zero-order valence-corrected chi connectivity index (χ0v) is 17.4. The van der Waals surface area contributed by atoms with Crippen LogP contribution in [0.1, 0.15) is 32.6 Å². The molecule has 4 rings (SSSR count). The lowest BCUT2D eigenvalue weighted by Gasteiger charge is -2.40. The third-order valence-electron chi connectivity index (χ3n) is 6.30. The molecule has 0 bridgehead atoms. The van der Waals surface area contributed by atoms with E-state index in [-0.39, 0.29) is 24.1 Å². The van der Waals surface area contributed by atoms with E-state index >= 15 is 0 Å². The summed E-state index contributed by atoms with van der Waals surface area (Å²) in [7, 11) is 0. The van der Waals surface area contributed by atoms with E-state index in [1.165, 1.54) is 10.9 Å². The minimum absolute atomic E-state index is 0.108. The van der Waals surface area contributed by atoms with E-state index < -0.39 is 5.60 Å². The maximum Gasteiger partial charge on any atom is 0.261 e. The number of likely N-dealkylation sites (tertiary alicyclic amines) is 2. The molecule has 0 spiro atoms. The molecule has 1 N–H and O–H groups in total. The molecule has 2 saturated heterocycles. The molecule has 1 amide bonds. The van der Waals surface area contributed by atoms with Gasteiger partial charge in [-0.1, -0.05) is 11.6 Å². The van der Waals surface area contributed by atoms with E-state index in [9.17, 15) is 14.7 Å². The normalized spacial score (nSPS) is 20.9. The van der Waals surface area contributed by atoms with Gasteiger partial charge in [0.15, 0.2) is 0 Å². The highest BCUT2D eigenvalue weighted by Crippen LogP contribution is 2.25. The SMILES string of the molecule is C[C@@H](C(=O)N1CCC(O)(Cn2cnc3cc(Cl)ccc3c2=O)CC1)N1CCCC1. The zero-order valence-electron chi connectivity index (χ0n) is 16.7. The van der Waals surface area contributed by atoms with Gasteiger partial charge in [-0.3, -0.25) is 19.1 Å². The number of hydrogen-bond donors (Lipinski definition) is 1. The van der Waals surface area contributed by atoms with E-state index in [0.717, 1.165) is 25.9 Å². The minimum Gasteiger partial charge on any atom is -0.388 e. The van der Waals surface area contributed by atoms with Crippen LogP contribution in [0.5, 0.6) is 0 Å². The molecule has 0 unspecified atom stereocenters. The van der Waals surface area contributed by atoms with E-state index in [2.05, 4.69) is 9.88 Å². The number of fused-ring (bicyclic) bond motifs is 1. The zero-order chi connectivity index (χ0) is 20.6. The van der Waals surface area contributed by atoms with Crippen molar-refractivity contribution in [2.24, 2.45) is 0 Å². The Kier molecular flexibility index (Phi) is 5.64. The summed E-state index contributed by atoms with van der Waals surface area (Å²) in [5.41, 5.74) is -0.678. The Bertz CT molecular complexity index is 962. The molecule has 3 heterocycles. The van der Waals surface area contributed by atoms with Gasteiger partial charge in [-0.05, 0) is 63.9 Å². The van der Waals surface area contributed by atoms with Gasteiger partial charge in [0.25, 0.3) is 5.56 Å². The first-order chi connectivity index (χ1) is 13.9. The number of carbonyl (C=O) groups excluding carboxylic acids is 1. The monoisotopic (exact) mass is 418 g/mol. The van der Waals surface area contributed by atoms with Crippen molar-refractivity contribution in [3.63, 3.8) is 0 Å². The van der Waals surface area contributed by atoms with Crippen molar-refractivity contribution in [3.8, 4) is 0 Å². The van der Waals surface area contributed by atoms with Crippen LogP contribution in [0, 0.1) is 0 Å². The predicted molar refractivity (Wildman–Crippen MR) is 112 cm³/mol. The van der Waals surface area contributed by atoms with Gasteiger partial charge in [-0.2, -0.15) is 0 Å². The highest BCUT2D eigenvalue weighted by Gasteiger charge is 2.37. The molecule has 2 aliphatic rings. The quantitative estimate of drug-likeness (QED) is 0.820. The Labute approximate surface area is 174 Å². The van der Waals surface area contributed by atoms with Crippen LogP contribution >= 0.6 is 11.6 Å². The summed E-state index contributed by atoms with van der Waals surface area (Å²) in [5, 5.41) is 12.1. The number of piperidine rings is 1.